The monoisotopic (exact) mass is 290 g/mol. The smallest absolute Gasteiger partial charge is 0.271 e. The highest BCUT2D eigenvalue weighted by Crippen LogP contribution is 2.37. The van der Waals surface area contributed by atoms with Crippen LogP contribution in [-0.4, -0.2) is 31.3 Å². The Labute approximate surface area is 105 Å². The highest BCUT2D eigenvalue weighted by Gasteiger charge is 2.44. The molecule has 8 heteroatoms. The molecular formula is C9H17ClF2N2O2S. The van der Waals surface area contributed by atoms with E-state index in [2.05, 4.69) is 0 Å². The summed E-state index contributed by atoms with van der Waals surface area (Å²) in [4.78, 5) is 0. The van der Waals surface area contributed by atoms with Gasteiger partial charge in [0, 0.05) is 6.26 Å². The minimum Gasteiger partial charge on any atom is -0.271 e. The standard InChI is InChI=1S/C9H17ClF2N2O2S/c1-17(15,16)7-4-2-3-6(5-7)8(14-13)9(10,11)12/h6-8,14H,2-5,13H2,1H3. The van der Waals surface area contributed by atoms with Crippen molar-refractivity contribution in [3.63, 3.8) is 0 Å². The van der Waals surface area contributed by atoms with Gasteiger partial charge in [0.05, 0.1) is 5.25 Å². The fourth-order valence-electron chi connectivity index (χ4n) is 2.37. The number of hydrogen-bond acceptors (Lipinski definition) is 4. The predicted octanol–water partition coefficient (Wildman–Crippen LogP) is 1.25. The molecule has 1 rings (SSSR count). The molecule has 0 spiro atoms. The van der Waals surface area contributed by atoms with Crippen LogP contribution in [0.2, 0.25) is 0 Å². The van der Waals surface area contributed by atoms with E-state index >= 15 is 0 Å². The molecule has 3 N–H and O–H groups in total. The third-order valence-electron chi connectivity index (χ3n) is 3.28. The molecule has 1 fully saturated rings. The number of alkyl halides is 3. The SMILES string of the molecule is CS(=O)(=O)C1CCCC(C(NN)C(F)(F)Cl)C1. The van der Waals surface area contributed by atoms with Gasteiger partial charge in [0.25, 0.3) is 0 Å². The van der Waals surface area contributed by atoms with Gasteiger partial charge in [-0.15, -0.1) is 0 Å². The van der Waals surface area contributed by atoms with Crippen LogP contribution in [0, 0.1) is 5.92 Å². The van der Waals surface area contributed by atoms with Gasteiger partial charge in [0.15, 0.2) is 0 Å². The van der Waals surface area contributed by atoms with Gasteiger partial charge < -0.3 is 0 Å². The molecule has 1 saturated carbocycles. The first-order valence-electron chi connectivity index (χ1n) is 5.38. The Morgan fingerprint density at radius 2 is 2.06 bits per heavy atom. The third kappa shape index (κ3) is 4.01. The number of rotatable bonds is 4. The van der Waals surface area contributed by atoms with E-state index in [0.717, 1.165) is 6.26 Å². The Bertz CT molecular complexity index is 358. The second-order valence-electron chi connectivity index (χ2n) is 4.56. The van der Waals surface area contributed by atoms with Gasteiger partial charge in [-0.1, -0.05) is 6.42 Å². The van der Waals surface area contributed by atoms with Crippen LogP contribution in [0.25, 0.3) is 0 Å². The van der Waals surface area contributed by atoms with Crippen LogP contribution in [0.15, 0.2) is 0 Å². The maximum Gasteiger partial charge on any atom is 0.338 e. The lowest BCUT2D eigenvalue weighted by molar-refractivity contribution is 0.0167. The number of nitrogens with one attached hydrogen (secondary N) is 1. The van der Waals surface area contributed by atoms with Crippen molar-refractivity contribution in [3.8, 4) is 0 Å². The van der Waals surface area contributed by atoms with Gasteiger partial charge in [-0.3, -0.25) is 5.84 Å². The van der Waals surface area contributed by atoms with Crippen molar-refractivity contribution in [3.05, 3.63) is 0 Å². The van der Waals surface area contributed by atoms with E-state index in [9.17, 15) is 17.2 Å². The summed E-state index contributed by atoms with van der Waals surface area (Å²) in [6.45, 7) is 0. The summed E-state index contributed by atoms with van der Waals surface area (Å²) in [6, 6.07) is -1.39. The molecule has 0 aromatic rings. The average Bonchev–Trinajstić information content (AvgIpc) is 2.15. The summed E-state index contributed by atoms with van der Waals surface area (Å²) >= 11 is 4.97. The first-order chi connectivity index (χ1) is 7.66. The first kappa shape index (κ1) is 15.1. The van der Waals surface area contributed by atoms with E-state index in [1.54, 1.807) is 0 Å². The number of hydrogen-bond donors (Lipinski definition) is 2. The summed E-state index contributed by atoms with van der Waals surface area (Å²) in [7, 11) is -3.20. The molecule has 1 aliphatic rings. The number of halogens is 3. The van der Waals surface area contributed by atoms with Gasteiger partial charge in [-0.05, 0) is 36.8 Å². The van der Waals surface area contributed by atoms with E-state index in [0.29, 0.717) is 19.3 Å². The normalized spacial score (nSPS) is 29.0. The molecule has 0 saturated heterocycles. The molecule has 0 bridgehead atoms. The van der Waals surface area contributed by atoms with Crippen LogP contribution in [-0.2, 0) is 9.84 Å². The van der Waals surface area contributed by atoms with Gasteiger partial charge in [0.1, 0.15) is 15.9 Å². The van der Waals surface area contributed by atoms with Crippen molar-refractivity contribution < 1.29 is 17.2 Å². The lowest BCUT2D eigenvalue weighted by Crippen LogP contribution is -2.52. The minimum atomic E-state index is -3.47. The molecule has 4 nitrogen and oxygen atoms in total. The zero-order chi connectivity index (χ0) is 13.3. The molecule has 102 valence electrons. The van der Waals surface area contributed by atoms with Gasteiger partial charge in [0.2, 0.25) is 0 Å². The summed E-state index contributed by atoms with van der Waals surface area (Å²) in [6.07, 6.45) is 2.91. The minimum absolute atomic E-state index is 0.177. The maximum atomic E-state index is 13.1. The fourth-order valence-corrected chi connectivity index (χ4v) is 3.80. The third-order valence-corrected chi connectivity index (χ3v) is 5.15. The lowest BCUT2D eigenvalue weighted by Gasteiger charge is -2.35. The zero-order valence-electron chi connectivity index (χ0n) is 9.50. The Morgan fingerprint density at radius 1 is 1.47 bits per heavy atom. The van der Waals surface area contributed by atoms with E-state index in [1.165, 1.54) is 0 Å². The summed E-state index contributed by atoms with van der Waals surface area (Å²) in [5, 5.41) is -4.05. The van der Waals surface area contributed by atoms with Crippen molar-refractivity contribution in [2.45, 2.75) is 42.4 Å². The second-order valence-corrected chi connectivity index (χ2v) is 7.39. The highest BCUT2D eigenvalue weighted by atomic mass is 35.5. The van der Waals surface area contributed by atoms with Crippen molar-refractivity contribution in [1.29, 1.82) is 0 Å². The van der Waals surface area contributed by atoms with Crippen LogP contribution >= 0.6 is 11.6 Å². The average molecular weight is 291 g/mol. The van der Waals surface area contributed by atoms with E-state index in [1.807, 2.05) is 5.43 Å². The van der Waals surface area contributed by atoms with Crippen LogP contribution in [0.5, 0.6) is 0 Å². The molecule has 1 aliphatic carbocycles. The Morgan fingerprint density at radius 3 is 2.47 bits per heavy atom. The molecule has 3 atom stereocenters. The molecule has 0 aromatic carbocycles. The van der Waals surface area contributed by atoms with Crippen molar-refractivity contribution >= 4 is 21.4 Å². The summed E-state index contributed by atoms with van der Waals surface area (Å²) < 4.78 is 49.0. The number of sulfone groups is 1. The van der Waals surface area contributed by atoms with E-state index in [-0.39, 0.29) is 6.42 Å². The number of nitrogens with two attached hydrogens (primary N) is 1. The van der Waals surface area contributed by atoms with E-state index < -0.39 is 32.4 Å². The largest absolute Gasteiger partial charge is 0.338 e. The molecule has 0 radical (unpaired) electrons. The van der Waals surface area contributed by atoms with Crippen LogP contribution in [0.1, 0.15) is 25.7 Å². The zero-order valence-corrected chi connectivity index (χ0v) is 11.1. The summed E-state index contributed by atoms with van der Waals surface area (Å²) in [5.41, 5.74) is 2.01. The Hall–Kier alpha value is 0.0200. The lowest BCUT2D eigenvalue weighted by atomic mass is 9.84. The fraction of sp³-hybridized carbons (Fsp3) is 1.00. The summed E-state index contributed by atoms with van der Waals surface area (Å²) in [5.74, 6) is 4.55. The van der Waals surface area contributed by atoms with E-state index in [4.69, 9.17) is 17.4 Å². The quantitative estimate of drug-likeness (QED) is 0.464. The molecule has 0 amide bonds. The molecule has 3 unspecified atom stereocenters. The van der Waals surface area contributed by atoms with Gasteiger partial charge in [-0.25, -0.2) is 13.8 Å². The van der Waals surface area contributed by atoms with Crippen molar-refractivity contribution in [1.82, 2.24) is 5.43 Å². The number of hydrazine groups is 1. The van der Waals surface area contributed by atoms with Gasteiger partial charge >= 0.3 is 5.38 Å². The topological polar surface area (TPSA) is 72.2 Å². The van der Waals surface area contributed by atoms with Crippen LogP contribution < -0.4 is 11.3 Å². The van der Waals surface area contributed by atoms with Gasteiger partial charge in [-0.2, -0.15) is 8.78 Å². The molecule has 17 heavy (non-hydrogen) atoms. The maximum absolute atomic E-state index is 13.1. The Kier molecular flexibility index (Phi) is 4.73. The predicted molar refractivity (Wildman–Crippen MR) is 62.5 cm³/mol. The molecular weight excluding hydrogens is 274 g/mol. The second kappa shape index (κ2) is 5.34. The highest BCUT2D eigenvalue weighted by molar-refractivity contribution is 7.91. The van der Waals surface area contributed by atoms with Crippen molar-refractivity contribution in [2.75, 3.05) is 6.26 Å². The molecule has 0 aromatic heterocycles. The first-order valence-corrected chi connectivity index (χ1v) is 7.71. The molecule has 0 heterocycles. The Balaban J connectivity index is 2.79. The molecule has 0 aliphatic heterocycles. The van der Waals surface area contributed by atoms with Crippen molar-refractivity contribution in [2.24, 2.45) is 11.8 Å². The van der Waals surface area contributed by atoms with Crippen LogP contribution in [0.3, 0.4) is 0 Å². The van der Waals surface area contributed by atoms with Crippen LogP contribution in [0.4, 0.5) is 8.78 Å².